The van der Waals surface area contributed by atoms with Crippen molar-refractivity contribution in [2.45, 2.75) is 0 Å². The van der Waals surface area contributed by atoms with Gasteiger partial charge in [0.1, 0.15) is 12.7 Å². The van der Waals surface area contributed by atoms with E-state index in [1.54, 1.807) is 45.2 Å². The van der Waals surface area contributed by atoms with Crippen molar-refractivity contribution in [1.82, 2.24) is 9.97 Å². The molecule has 1 aromatic heterocycles. The molecule has 0 spiro atoms. The van der Waals surface area contributed by atoms with Crippen LogP contribution in [0.4, 0.5) is 11.4 Å². The van der Waals surface area contributed by atoms with Crippen LogP contribution in [0.25, 0.3) is 11.0 Å². The molecule has 1 heterocycles. The zero-order valence-electron chi connectivity index (χ0n) is 7.81. The smallest absolute Gasteiger partial charge is 0.343 e. The minimum Gasteiger partial charge on any atom is -0.343 e. The van der Waals surface area contributed by atoms with Crippen LogP contribution in [-0.2, 0) is 0 Å². The second kappa shape index (κ2) is 4.32. The number of nitrogens with one attached hydrogen (secondary N) is 1. The molecule has 8 nitrogen and oxygen atoms in total. The predicted octanol–water partition coefficient (Wildman–Crippen LogP) is 2.59. The summed E-state index contributed by atoms with van der Waals surface area (Å²) in [5.74, 6) is 0. The van der Waals surface area contributed by atoms with E-state index in [2.05, 4.69) is 9.97 Å². The first kappa shape index (κ1) is 12.4. The normalized spacial score (nSPS) is 10.7. The van der Waals surface area contributed by atoms with Crippen LogP contribution in [-0.4, -0.2) is 19.8 Å². The molecule has 0 radical (unpaired) electrons. The summed E-state index contributed by atoms with van der Waals surface area (Å²) in [5, 5.41) is 21.8. The van der Waals surface area contributed by atoms with Gasteiger partial charge in [0, 0.05) is 0 Å². The molecular formula is C7H2I2N4O4. The third kappa shape index (κ3) is 1.84. The van der Waals surface area contributed by atoms with Crippen LogP contribution in [0.2, 0.25) is 0 Å². The van der Waals surface area contributed by atoms with Crippen LogP contribution >= 0.6 is 45.2 Å². The summed E-state index contributed by atoms with van der Waals surface area (Å²) >= 11 is 3.40. The standard InChI is InChI=1S/C7H2I2N4O4/c8-2-4-5(11-1-10-4)3(9)7(13(16)17)6(2)12(14)15/h1H,(H,10,11). The Bertz CT molecular complexity index is 599. The van der Waals surface area contributed by atoms with E-state index < -0.39 is 21.2 Å². The van der Waals surface area contributed by atoms with Gasteiger partial charge in [-0.05, 0) is 45.2 Å². The Labute approximate surface area is 120 Å². The Morgan fingerprint density at radius 3 is 2.18 bits per heavy atom. The van der Waals surface area contributed by atoms with E-state index >= 15 is 0 Å². The van der Waals surface area contributed by atoms with Crippen molar-refractivity contribution in [2.24, 2.45) is 0 Å². The van der Waals surface area contributed by atoms with Crippen LogP contribution < -0.4 is 0 Å². The lowest BCUT2D eigenvalue weighted by Gasteiger charge is -2.01. The minimum atomic E-state index is -0.754. The lowest BCUT2D eigenvalue weighted by Crippen LogP contribution is -2.02. The molecule has 0 amide bonds. The van der Waals surface area contributed by atoms with Gasteiger partial charge in [0.15, 0.2) is 0 Å². The summed E-state index contributed by atoms with van der Waals surface area (Å²) in [6, 6.07) is 0. The van der Waals surface area contributed by atoms with Gasteiger partial charge in [-0.3, -0.25) is 20.2 Å². The number of aromatic amines is 1. The molecule has 0 aliphatic heterocycles. The Balaban J connectivity index is 3.03. The molecule has 17 heavy (non-hydrogen) atoms. The van der Waals surface area contributed by atoms with Crippen molar-refractivity contribution < 1.29 is 9.85 Å². The number of H-pyrrole nitrogens is 1. The van der Waals surface area contributed by atoms with Crippen molar-refractivity contribution in [3.8, 4) is 0 Å². The summed E-state index contributed by atoms with van der Waals surface area (Å²) in [7, 11) is 0. The number of aromatic nitrogens is 2. The highest BCUT2D eigenvalue weighted by Crippen LogP contribution is 2.40. The Hall–Kier alpha value is -1.05. The summed E-state index contributed by atoms with van der Waals surface area (Å²) in [6.07, 6.45) is 1.35. The molecule has 2 rings (SSSR count). The fourth-order valence-electron chi connectivity index (χ4n) is 1.40. The number of nitrogens with zero attached hydrogens (tertiary/aromatic N) is 3. The summed E-state index contributed by atoms with van der Waals surface area (Å²) in [4.78, 5) is 27.0. The van der Waals surface area contributed by atoms with Gasteiger partial charge in [0.05, 0.1) is 21.7 Å². The third-order valence-corrected chi connectivity index (χ3v) is 4.14. The highest BCUT2D eigenvalue weighted by Gasteiger charge is 2.35. The van der Waals surface area contributed by atoms with E-state index in [-0.39, 0.29) is 7.14 Å². The van der Waals surface area contributed by atoms with Gasteiger partial charge in [-0.1, -0.05) is 0 Å². The number of fused-ring (bicyclic) bond motifs is 1. The van der Waals surface area contributed by atoms with Crippen molar-refractivity contribution in [1.29, 1.82) is 0 Å². The molecule has 0 bridgehead atoms. The van der Waals surface area contributed by atoms with Gasteiger partial charge in [0.2, 0.25) is 0 Å². The first-order chi connectivity index (χ1) is 7.95. The molecule has 0 fully saturated rings. The van der Waals surface area contributed by atoms with Gasteiger partial charge in [-0.15, -0.1) is 0 Å². The molecule has 0 atom stereocenters. The number of nitro benzene ring substituents is 2. The number of benzene rings is 1. The molecule has 0 saturated carbocycles. The van der Waals surface area contributed by atoms with E-state index in [4.69, 9.17) is 0 Å². The maximum absolute atomic E-state index is 10.9. The van der Waals surface area contributed by atoms with Crippen molar-refractivity contribution >= 4 is 67.6 Å². The Morgan fingerprint density at radius 1 is 1.12 bits per heavy atom. The number of halogens is 2. The molecule has 10 heteroatoms. The first-order valence-electron chi connectivity index (χ1n) is 4.08. The van der Waals surface area contributed by atoms with Gasteiger partial charge in [0.25, 0.3) is 0 Å². The van der Waals surface area contributed by atoms with Gasteiger partial charge >= 0.3 is 11.4 Å². The van der Waals surface area contributed by atoms with E-state index in [9.17, 15) is 20.2 Å². The minimum absolute atomic E-state index is 0.163. The Morgan fingerprint density at radius 2 is 1.65 bits per heavy atom. The number of hydrogen-bond donors (Lipinski definition) is 1. The maximum Gasteiger partial charge on any atom is 0.362 e. The fourth-order valence-corrected chi connectivity index (χ4v) is 3.12. The Kier molecular flexibility index (Phi) is 3.15. The third-order valence-electron chi connectivity index (χ3n) is 2.07. The number of imidazole rings is 1. The topological polar surface area (TPSA) is 115 Å². The average Bonchev–Trinajstić information content (AvgIpc) is 2.70. The highest BCUT2D eigenvalue weighted by molar-refractivity contribution is 14.1. The molecule has 88 valence electrons. The number of hydrogen-bond acceptors (Lipinski definition) is 5. The summed E-state index contributed by atoms with van der Waals surface area (Å²) in [5.41, 5.74) is -0.212. The SMILES string of the molecule is O=[N+]([O-])c1c([N+](=O)[O-])c(I)c2[nH]cnc2c1I. The lowest BCUT2D eigenvalue weighted by molar-refractivity contribution is -0.423. The molecular weight excluding hydrogens is 458 g/mol. The van der Waals surface area contributed by atoms with Gasteiger partial charge in [-0.2, -0.15) is 0 Å². The van der Waals surface area contributed by atoms with Crippen LogP contribution in [0.1, 0.15) is 0 Å². The number of rotatable bonds is 2. The summed E-state index contributed by atoms with van der Waals surface area (Å²) < 4.78 is 0.350. The lowest BCUT2D eigenvalue weighted by atomic mass is 10.2. The fraction of sp³-hybridized carbons (Fsp3) is 0. The van der Waals surface area contributed by atoms with Crippen LogP contribution in [0.15, 0.2) is 6.33 Å². The van der Waals surface area contributed by atoms with Gasteiger partial charge in [-0.25, -0.2) is 4.98 Å². The molecule has 0 unspecified atom stereocenters. The molecule has 0 aliphatic carbocycles. The molecule has 1 N–H and O–H groups in total. The average molecular weight is 460 g/mol. The van der Waals surface area contributed by atoms with Crippen molar-refractivity contribution in [2.75, 3.05) is 0 Å². The molecule has 1 aromatic carbocycles. The van der Waals surface area contributed by atoms with Gasteiger partial charge < -0.3 is 4.98 Å². The largest absolute Gasteiger partial charge is 0.362 e. The van der Waals surface area contributed by atoms with Crippen LogP contribution in [0.5, 0.6) is 0 Å². The zero-order chi connectivity index (χ0) is 12.7. The maximum atomic E-state index is 10.9. The van der Waals surface area contributed by atoms with Crippen molar-refractivity contribution in [3.63, 3.8) is 0 Å². The van der Waals surface area contributed by atoms with Crippen LogP contribution in [0, 0.1) is 27.4 Å². The summed E-state index contributed by atoms with van der Waals surface area (Å²) in [6.45, 7) is 0. The van der Waals surface area contributed by atoms with Crippen LogP contribution in [0.3, 0.4) is 0 Å². The molecule has 2 aromatic rings. The van der Waals surface area contributed by atoms with E-state index in [0.717, 1.165) is 0 Å². The van der Waals surface area contributed by atoms with Crippen molar-refractivity contribution in [3.05, 3.63) is 33.7 Å². The van der Waals surface area contributed by atoms with E-state index in [0.29, 0.717) is 11.0 Å². The highest BCUT2D eigenvalue weighted by atomic mass is 127. The molecule has 0 saturated heterocycles. The second-order valence-corrected chi connectivity index (χ2v) is 5.12. The number of nitro groups is 2. The van der Waals surface area contributed by atoms with E-state index in [1.807, 2.05) is 0 Å². The van der Waals surface area contributed by atoms with E-state index in [1.165, 1.54) is 6.33 Å². The zero-order valence-corrected chi connectivity index (χ0v) is 12.1. The monoisotopic (exact) mass is 460 g/mol. The quantitative estimate of drug-likeness (QED) is 0.421. The molecule has 0 aliphatic rings. The predicted molar refractivity (Wildman–Crippen MR) is 74.8 cm³/mol. The second-order valence-electron chi connectivity index (χ2n) is 2.97. The first-order valence-corrected chi connectivity index (χ1v) is 6.23.